The number of hydrogen-bond acceptors (Lipinski definition) is 4. The molecule has 7 heteroatoms. The lowest BCUT2D eigenvalue weighted by molar-refractivity contribution is 0.473. The number of aromatic hydroxyl groups is 1. The third-order valence-electron chi connectivity index (χ3n) is 4.62. The Kier molecular flexibility index (Phi) is 5.15. The summed E-state index contributed by atoms with van der Waals surface area (Å²) < 4.78 is 1.53. The second kappa shape index (κ2) is 7.35. The maximum Gasteiger partial charge on any atom is 0.284 e. The van der Waals surface area contributed by atoms with E-state index in [2.05, 4.69) is 4.98 Å². The maximum absolute atomic E-state index is 13.3. The summed E-state index contributed by atoms with van der Waals surface area (Å²) in [4.78, 5) is 19.6. The molecule has 0 bridgehead atoms. The fourth-order valence-corrected chi connectivity index (χ4v) is 3.63. The van der Waals surface area contributed by atoms with Crippen LogP contribution < -0.4 is 10.5 Å². The predicted molar refractivity (Wildman–Crippen MR) is 104 cm³/mol. The highest BCUT2D eigenvalue weighted by atomic mass is 35.5. The highest BCUT2D eigenvalue weighted by molar-refractivity contribution is 6.30. The largest absolute Gasteiger partial charge is 0.505 e. The molecule has 1 aliphatic rings. The normalized spacial score (nSPS) is 14.3. The summed E-state index contributed by atoms with van der Waals surface area (Å²) >= 11 is 6.12. The zero-order valence-electron chi connectivity index (χ0n) is 14.2. The summed E-state index contributed by atoms with van der Waals surface area (Å²) in [5.41, 5.74) is 1.14. The van der Waals surface area contributed by atoms with Crippen LogP contribution in [0.5, 0.6) is 5.75 Å². The van der Waals surface area contributed by atoms with E-state index in [9.17, 15) is 9.90 Å². The van der Waals surface area contributed by atoms with Crippen molar-refractivity contribution in [2.45, 2.75) is 19.3 Å². The van der Waals surface area contributed by atoms with Gasteiger partial charge in [0.15, 0.2) is 11.4 Å². The lowest BCUT2D eigenvalue weighted by Gasteiger charge is -2.29. The summed E-state index contributed by atoms with van der Waals surface area (Å²) in [6, 6.07) is 10.6. The molecule has 3 heterocycles. The molecule has 0 unspecified atom stereocenters. The molecule has 0 aliphatic carbocycles. The third kappa shape index (κ3) is 3.02. The van der Waals surface area contributed by atoms with Crippen LogP contribution in [0.25, 0.3) is 16.7 Å². The van der Waals surface area contributed by atoms with Crippen LogP contribution in [-0.4, -0.2) is 33.2 Å². The molecule has 0 radical (unpaired) electrons. The van der Waals surface area contributed by atoms with Crippen LogP contribution in [0.2, 0.25) is 5.02 Å². The maximum atomic E-state index is 13.3. The van der Waals surface area contributed by atoms with Crippen molar-refractivity contribution in [2.75, 3.05) is 18.0 Å². The van der Waals surface area contributed by atoms with Crippen LogP contribution in [0.4, 0.5) is 5.69 Å². The molecule has 136 valence electrons. The molecule has 4 rings (SSSR count). The first-order valence-corrected chi connectivity index (χ1v) is 8.78. The first kappa shape index (κ1) is 18.2. The van der Waals surface area contributed by atoms with Gasteiger partial charge in [-0.3, -0.25) is 9.36 Å². The van der Waals surface area contributed by atoms with Crippen LogP contribution in [0, 0.1) is 0 Å². The van der Waals surface area contributed by atoms with E-state index in [0.29, 0.717) is 27.4 Å². The SMILES string of the molecule is O.O=c1c(N2CCCCC2)c(O)c2cccnc2n1-c1cccc(Cl)c1. The standard InChI is InChI=1S/C19H18ClN3O2.H2O/c20-13-6-4-7-14(12-13)23-18-15(8-5-9-21-18)17(24)16(19(23)25)22-10-2-1-3-11-22;/h4-9,12,24H,1-3,10-11H2;1H2. The third-order valence-corrected chi connectivity index (χ3v) is 4.86. The first-order chi connectivity index (χ1) is 12.2. The molecular weight excluding hydrogens is 354 g/mol. The molecule has 0 atom stereocenters. The molecule has 0 spiro atoms. The fourth-order valence-electron chi connectivity index (χ4n) is 3.45. The molecule has 2 aromatic heterocycles. The highest BCUT2D eigenvalue weighted by Gasteiger charge is 2.24. The number of piperidine rings is 1. The van der Waals surface area contributed by atoms with Crippen molar-refractivity contribution in [3.8, 4) is 11.4 Å². The van der Waals surface area contributed by atoms with E-state index in [1.807, 2.05) is 11.0 Å². The Morgan fingerprint density at radius 1 is 1.08 bits per heavy atom. The Bertz CT molecular complexity index is 997. The zero-order valence-corrected chi connectivity index (χ0v) is 14.9. The Morgan fingerprint density at radius 2 is 1.85 bits per heavy atom. The summed E-state index contributed by atoms with van der Waals surface area (Å²) in [7, 11) is 0. The predicted octanol–water partition coefficient (Wildman–Crippen LogP) is 2.91. The molecule has 6 nitrogen and oxygen atoms in total. The Labute approximate surface area is 155 Å². The van der Waals surface area contributed by atoms with Crippen LogP contribution >= 0.6 is 11.6 Å². The number of halogens is 1. The van der Waals surface area contributed by atoms with Crippen molar-refractivity contribution >= 4 is 28.3 Å². The van der Waals surface area contributed by atoms with Gasteiger partial charge in [-0.05, 0) is 49.6 Å². The van der Waals surface area contributed by atoms with Gasteiger partial charge in [0.1, 0.15) is 5.69 Å². The highest BCUT2D eigenvalue weighted by Crippen LogP contribution is 2.33. The summed E-state index contributed by atoms with van der Waals surface area (Å²) in [5.74, 6) is 0.00766. The average molecular weight is 374 g/mol. The van der Waals surface area contributed by atoms with E-state index in [1.54, 1.807) is 36.5 Å². The Hall–Kier alpha value is -2.57. The summed E-state index contributed by atoms with van der Waals surface area (Å²) in [6.45, 7) is 1.54. The van der Waals surface area contributed by atoms with Crippen molar-refractivity contribution in [3.05, 3.63) is 58.0 Å². The molecule has 26 heavy (non-hydrogen) atoms. The number of rotatable bonds is 2. The lowest BCUT2D eigenvalue weighted by Crippen LogP contribution is -2.36. The van der Waals surface area contributed by atoms with Gasteiger partial charge in [-0.1, -0.05) is 17.7 Å². The minimum atomic E-state index is -0.270. The van der Waals surface area contributed by atoms with Gasteiger partial charge in [-0.15, -0.1) is 0 Å². The van der Waals surface area contributed by atoms with Gasteiger partial charge in [0.05, 0.1) is 11.1 Å². The van der Waals surface area contributed by atoms with E-state index < -0.39 is 0 Å². The lowest BCUT2D eigenvalue weighted by atomic mass is 10.1. The van der Waals surface area contributed by atoms with Crippen molar-refractivity contribution in [3.63, 3.8) is 0 Å². The second-order valence-electron chi connectivity index (χ2n) is 6.24. The minimum absolute atomic E-state index is 0. The number of hydrogen-bond donors (Lipinski definition) is 1. The molecule has 1 aliphatic heterocycles. The number of anilines is 1. The Morgan fingerprint density at radius 3 is 2.58 bits per heavy atom. The van der Waals surface area contributed by atoms with E-state index in [4.69, 9.17) is 11.6 Å². The van der Waals surface area contributed by atoms with Gasteiger partial charge in [-0.25, -0.2) is 4.98 Å². The van der Waals surface area contributed by atoms with Gasteiger partial charge in [0.2, 0.25) is 0 Å². The number of benzene rings is 1. The van der Waals surface area contributed by atoms with Crippen molar-refractivity contribution in [2.24, 2.45) is 0 Å². The topological polar surface area (TPSA) is 89.9 Å². The molecule has 3 aromatic rings. The molecule has 1 aromatic carbocycles. The number of aromatic nitrogens is 2. The van der Waals surface area contributed by atoms with Crippen LogP contribution in [0.1, 0.15) is 19.3 Å². The fraction of sp³-hybridized carbons (Fsp3) is 0.263. The van der Waals surface area contributed by atoms with Crippen molar-refractivity contribution in [1.29, 1.82) is 0 Å². The Balaban J connectivity index is 0.00000196. The number of pyridine rings is 2. The monoisotopic (exact) mass is 373 g/mol. The van der Waals surface area contributed by atoms with Gasteiger partial charge in [0, 0.05) is 24.3 Å². The molecule has 1 saturated heterocycles. The first-order valence-electron chi connectivity index (χ1n) is 8.40. The number of nitrogens with zero attached hydrogens (tertiary/aromatic N) is 3. The minimum Gasteiger partial charge on any atom is -0.505 e. The van der Waals surface area contributed by atoms with E-state index in [-0.39, 0.29) is 16.8 Å². The van der Waals surface area contributed by atoms with Crippen LogP contribution in [0.3, 0.4) is 0 Å². The summed E-state index contributed by atoms with van der Waals surface area (Å²) in [6.07, 6.45) is 4.79. The van der Waals surface area contributed by atoms with Gasteiger partial charge in [0.25, 0.3) is 5.56 Å². The molecule has 0 amide bonds. The molecule has 3 N–H and O–H groups in total. The zero-order chi connectivity index (χ0) is 17.4. The summed E-state index contributed by atoms with van der Waals surface area (Å²) in [5, 5.41) is 11.9. The molecule has 0 saturated carbocycles. The second-order valence-corrected chi connectivity index (χ2v) is 6.68. The van der Waals surface area contributed by atoms with Gasteiger partial charge >= 0.3 is 0 Å². The van der Waals surface area contributed by atoms with E-state index in [0.717, 1.165) is 32.4 Å². The van der Waals surface area contributed by atoms with Crippen LogP contribution in [-0.2, 0) is 0 Å². The van der Waals surface area contributed by atoms with Gasteiger partial charge < -0.3 is 15.5 Å². The quantitative estimate of drug-likeness (QED) is 0.747. The van der Waals surface area contributed by atoms with Crippen molar-refractivity contribution in [1.82, 2.24) is 9.55 Å². The van der Waals surface area contributed by atoms with E-state index >= 15 is 0 Å². The molecule has 1 fully saturated rings. The van der Waals surface area contributed by atoms with E-state index in [1.165, 1.54) is 4.57 Å². The smallest absolute Gasteiger partial charge is 0.284 e. The molecular formula is C19H20ClN3O3. The average Bonchev–Trinajstić information content (AvgIpc) is 2.63. The van der Waals surface area contributed by atoms with Crippen LogP contribution in [0.15, 0.2) is 47.4 Å². The van der Waals surface area contributed by atoms with Gasteiger partial charge in [-0.2, -0.15) is 0 Å². The number of fused-ring (bicyclic) bond motifs is 1. The van der Waals surface area contributed by atoms with Crippen molar-refractivity contribution < 1.29 is 10.6 Å².